The highest BCUT2D eigenvalue weighted by Gasteiger charge is 2.11. The molecule has 0 aliphatic rings. The minimum atomic E-state index is -0.908. The molecule has 0 unspecified atom stereocenters. The Hall–Kier alpha value is -3.16. The van der Waals surface area contributed by atoms with Gasteiger partial charge in [0.1, 0.15) is 11.3 Å². The highest BCUT2D eigenvalue weighted by Crippen LogP contribution is 2.26. The summed E-state index contributed by atoms with van der Waals surface area (Å²) in [4.78, 5) is 25.6. The van der Waals surface area contributed by atoms with Gasteiger partial charge in [0.25, 0.3) is 5.88 Å². The monoisotopic (exact) mass is 285 g/mol. The number of aromatic nitrogens is 4. The summed E-state index contributed by atoms with van der Waals surface area (Å²) in [6.07, 6.45) is 1.38. The Morgan fingerprint density at radius 2 is 2.24 bits per heavy atom. The number of H-pyrrole nitrogens is 1. The van der Waals surface area contributed by atoms with E-state index in [2.05, 4.69) is 19.9 Å². The Labute approximate surface area is 118 Å². The van der Waals surface area contributed by atoms with Crippen molar-refractivity contribution in [2.75, 3.05) is 5.73 Å². The summed E-state index contributed by atoms with van der Waals surface area (Å²) < 4.78 is 5.66. The molecule has 4 N–H and O–H groups in total. The summed E-state index contributed by atoms with van der Waals surface area (Å²) in [6.45, 7) is 0. The molecule has 8 heteroatoms. The number of aromatic amines is 1. The smallest absolute Gasteiger partial charge is 0.307 e. The molecule has 0 bridgehead atoms. The maximum Gasteiger partial charge on any atom is 0.307 e. The van der Waals surface area contributed by atoms with Gasteiger partial charge >= 0.3 is 5.97 Å². The van der Waals surface area contributed by atoms with Crippen LogP contribution in [0.1, 0.15) is 5.56 Å². The molecule has 3 rings (SSSR count). The maximum absolute atomic E-state index is 10.7. The highest BCUT2D eigenvalue weighted by molar-refractivity contribution is 5.77. The first kappa shape index (κ1) is 12.9. The largest absolute Gasteiger partial charge is 0.481 e. The zero-order valence-electron chi connectivity index (χ0n) is 10.8. The quantitative estimate of drug-likeness (QED) is 0.660. The Balaban J connectivity index is 1.95. The number of benzene rings is 1. The minimum absolute atomic E-state index is 0.0475. The van der Waals surface area contributed by atoms with E-state index in [1.165, 1.54) is 6.33 Å². The molecule has 0 aliphatic heterocycles. The van der Waals surface area contributed by atoms with E-state index in [1.807, 2.05) is 0 Å². The molecule has 8 nitrogen and oxygen atoms in total. The molecule has 0 fully saturated rings. The molecular formula is C13H11N5O3. The fourth-order valence-corrected chi connectivity index (χ4v) is 1.90. The Kier molecular flexibility index (Phi) is 3.11. The number of hydrogen-bond acceptors (Lipinski definition) is 6. The van der Waals surface area contributed by atoms with E-state index in [1.54, 1.807) is 24.3 Å². The van der Waals surface area contributed by atoms with Gasteiger partial charge in [-0.2, -0.15) is 9.97 Å². The van der Waals surface area contributed by atoms with Gasteiger partial charge in [-0.15, -0.1) is 0 Å². The van der Waals surface area contributed by atoms with Crippen LogP contribution in [0, 0.1) is 0 Å². The molecule has 0 aliphatic carbocycles. The number of anilines is 1. The molecule has 1 aromatic carbocycles. The van der Waals surface area contributed by atoms with Crippen molar-refractivity contribution in [3.63, 3.8) is 0 Å². The van der Waals surface area contributed by atoms with Gasteiger partial charge in [0.2, 0.25) is 5.95 Å². The number of nitrogens with two attached hydrogens (primary N) is 1. The lowest BCUT2D eigenvalue weighted by Crippen LogP contribution is -2.01. The van der Waals surface area contributed by atoms with Gasteiger partial charge in [0, 0.05) is 0 Å². The third-order valence-electron chi connectivity index (χ3n) is 2.74. The number of nitrogens with one attached hydrogen (secondary N) is 1. The highest BCUT2D eigenvalue weighted by atomic mass is 16.5. The van der Waals surface area contributed by atoms with Crippen molar-refractivity contribution in [3.8, 4) is 11.6 Å². The van der Waals surface area contributed by atoms with Crippen LogP contribution in [0.2, 0.25) is 0 Å². The summed E-state index contributed by atoms with van der Waals surface area (Å²) >= 11 is 0. The van der Waals surface area contributed by atoms with E-state index in [9.17, 15) is 4.79 Å². The second kappa shape index (κ2) is 5.08. The number of rotatable bonds is 4. The van der Waals surface area contributed by atoms with E-state index in [0.717, 1.165) is 0 Å². The van der Waals surface area contributed by atoms with Crippen LogP contribution in [-0.4, -0.2) is 31.0 Å². The molecule has 2 heterocycles. The number of fused-ring (bicyclic) bond motifs is 1. The predicted molar refractivity (Wildman–Crippen MR) is 74.0 cm³/mol. The van der Waals surface area contributed by atoms with Gasteiger partial charge in [0.15, 0.2) is 5.65 Å². The standard InChI is InChI=1S/C13H11N5O3/c14-13-17-11-10(15-6-16-11)12(18-13)21-8-3-1-2-7(4-8)5-9(19)20/h1-4,6H,5H2,(H,19,20)(H3,14,15,16,17,18). The predicted octanol–water partition coefficient (Wildman–Crippen LogP) is 1.35. The van der Waals surface area contributed by atoms with E-state index in [4.69, 9.17) is 15.6 Å². The summed E-state index contributed by atoms with van der Waals surface area (Å²) in [5.41, 5.74) is 7.15. The van der Waals surface area contributed by atoms with Crippen LogP contribution >= 0.6 is 0 Å². The first-order valence-electron chi connectivity index (χ1n) is 6.07. The SMILES string of the molecule is Nc1nc(Oc2cccc(CC(=O)O)c2)c2[nH]cnc2n1. The molecule has 0 radical (unpaired) electrons. The number of nitrogens with zero attached hydrogens (tertiary/aromatic N) is 3. The summed E-state index contributed by atoms with van der Waals surface area (Å²) in [6, 6.07) is 6.75. The van der Waals surface area contributed by atoms with Gasteiger partial charge in [-0.3, -0.25) is 4.79 Å². The van der Waals surface area contributed by atoms with Gasteiger partial charge in [-0.05, 0) is 17.7 Å². The topological polar surface area (TPSA) is 127 Å². The van der Waals surface area contributed by atoms with Crippen molar-refractivity contribution in [2.24, 2.45) is 0 Å². The average Bonchev–Trinajstić information content (AvgIpc) is 2.86. The van der Waals surface area contributed by atoms with Crippen LogP contribution in [-0.2, 0) is 11.2 Å². The second-order valence-electron chi connectivity index (χ2n) is 4.31. The van der Waals surface area contributed by atoms with E-state index < -0.39 is 5.97 Å². The van der Waals surface area contributed by atoms with E-state index in [0.29, 0.717) is 22.5 Å². The third-order valence-corrected chi connectivity index (χ3v) is 2.74. The number of carboxylic acid groups (broad SMARTS) is 1. The molecule has 106 valence electrons. The molecule has 0 saturated carbocycles. The first-order chi connectivity index (χ1) is 10.1. The number of ether oxygens (including phenoxy) is 1. The Bertz CT molecular complexity index is 814. The number of aliphatic carboxylic acids is 1. The fraction of sp³-hybridized carbons (Fsp3) is 0.0769. The summed E-state index contributed by atoms with van der Waals surface area (Å²) in [5.74, 6) is -0.161. The minimum Gasteiger partial charge on any atom is -0.481 e. The van der Waals surface area contributed by atoms with Gasteiger partial charge in [-0.25, -0.2) is 4.98 Å². The molecule has 0 atom stereocenters. The number of carbonyl (C=O) groups is 1. The van der Waals surface area contributed by atoms with Crippen LogP contribution in [0.4, 0.5) is 5.95 Å². The number of nitrogen functional groups attached to an aromatic ring is 1. The summed E-state index contributed by atoms with van der Waals surface area (Å²) in [7, 11) is 0. The lowest BCUT2D eigenvalue weighted by Gasteiger charge is -2.07. The van der Waals surface area contributed by atoms with Crippen LogP contribution in [0.25, 0.3) is 11.2 Å². The fourth-order valence-electron chi connectivity index (χ4n) is 1.90. The Morgan fingerprint density at radius 3 is 3.05 bits per heavy atom. The van der Waals surface area contributed by atoms with E-state index >= 15 is 0 Å². The molecule has 21 heavy (non-hydrogen) atoms. The van der Waals surface area contributed by atoms with Crippen LogP contribution in [0.5, 0.6) is 11.6 Å². The van der Waals surface area contributed by atoms with Gasteiger partial charge in [0.05, 0.1) is 12.7 Å². The van der Waals surface area contributed by atoms with E-state index in [-0.39, 0.29) is 18.2 Å². The molecule has 0 spiro atoms. The van der Waals surface area contributed by atoms with Gasteiger partial charge in [-0.1, -0.05) is 12.1 Å². The molecule has 0 saturated heterocycles. The van der Waals surface area contributed by atoms with Crippen molar-refractivity contribution in [1.29, 1.82) is 0 Å². The van der Waals surface area contributed by atoms with Crippen LogP contribution in [0.15, 0.2) is 30.6 Å². The number of carboxylic acids is 1. The van der Waals surface area contributed by atoms with Crippen molar-refractivity contribution in [2.45, 2.75) is 6.42 Å². The number of hydrogen-bond donors (Lipinski definition) is 3. The maximum atomic E-state index is 10.7. The second-order valence-corrected chi connectivity index (χ2v) is 4.31. The summed E-state index contributed by atoms with van der Waals surface area (Å²) in [5, 5.41) is 8.81. The molecule has 0 amide bonds. The molecule has 2 aromatic heterocycles. The van der Waals surface area contributed by atoms with Gasteiger partial charge < -0.3 is 20.6 Å². The van der Waals surface area contributed by atoms with Crippen LogP contribution < -0.4 is 10.5 Å². The zero-order valence-corrected chi connectivity index (χ0v) is 10.8. The lowest BCUT2D eigenvalue weighted by molar-refractivity contribution is -0.136. The normalized spacial score (nSPS) is 10.7. The van der Waals surface area contributed by atoms with Crippen molar-refractivity contribution in [1.82, 2.24) is 19.9 Å². The lowest BCUT2D eigenvalue weighted by atomic mass is 10.1. The molecule has 3 aromatic rings. The first-order valence-corrected chi connectivity index (χ1v) is 6.07. The van der Waals surface area contributed by atoms with Crippen molar-refractivity contribution in [3.05, 3.63) is 36.2 Å². The number of imidazole rings is 1. The Morgan fingerprint density at radius 1 is 1.38 bits per heavy atom. The zero-order chi connectivity index (χ0) is 14.8. The molecular weight excluding hydrogens is 274 g/mol. The van der Waals surface area contributed by atoms with Crippen molar-refractivity contribution < 1.29 is 14.6 Å². The average molecular weight is 285 g/mol. The third kappa shape index (κ3) is 2.73. The van der Waals surface area contributed by atoms with Crippen LogP contribution in [0.3, 0.4) is 0 Å². The van der Waals surface area contributed by atoms with Crippen molar-refractivity contribution >= 4 is 23.1 Å².